The number of ether oxygens (including phenoxy) is 2. The van der Waals surface area contributed by atoms with Crippen LogP contribution < -0.4 is 0 Å². The number of carbonyl (C=O) groups excluding carboxylic acids is 1. The first-order valence-electron chi connectivity index (χ1n) is 3.11. The van der Waals surface area contributed by atoms with Crippen LogP contribution in [0.2, 0.25) is 0 Å². The Morgan fingerprint density at radius 1 is 1.36 bits per heavy atom. The normalized spacial score (nSPS) is 11.6. The van der Waals surface area contributed by atoms with Crippen LogP contribution in [0.15, 0.2) is 11.8 Å². The predicted molar refractivity (Wildman–Crippen MR) is 39.5 cm³/mol. The van der Waals surface area contributed by atoms with Gasteiger partial charge in [-0.2, -0.15) is 0 Å². The van der Waals surface area contributed by atoms with E-state index in [4.69, 9.17) is 5.11 Å². The Labute approximate surface area is 65.4 Å². The molecular formula is C7H12O4. The van der Waals surface area contributed by atoms with Crippen LogP contribution in [0, 0.1) is 0 Å². The molecule has 0 aromatic heterocycles. The quantitative estimate of drug-likeness (QED) is 0.464. The number of aliphatic hydroxyl groups excluding tert-OH is 1. The smallest absolute Gasteiger partial charge is 0.184 e. The van der Waals surface area contributed by atoms with E-state index in [-0.39, 0.29) is 24.8 Å². The summed E-state index contributed by atoms with van der Waals surface area (Å²) < 4.78 is 9.11. The predicted octanol–water partition coefficient (Wildman–Crippen LogP) is 0.290. The molecule has 0 aromatic rings. The first-order valence-corrected chi connectivity index (χ1v) is 3.11. The summed E-state index contributed by atoms with van der Waals surface area (Å²) in [7, 11) is 2.85. The van der Waals surface area contributed by atoms with Gasteiger partial charge < -0.3 is 14.6 Å². The van der Waals surface area contributed by atoms with E-state index >= 15 is 0 Å². The molecular weight excluding hydrogens is 148 g/mol. The van der Waals surface area contributed by atoms with Gasteiger partial charge in [-0.15, -0.1) is 0 Å². The fraction of sp³-hybridized carbons (Fsp3) is 0.571. The fourth-order valence-electron chi connectivity index (χ4n) is 0.559. The van der Waals surface area contributed by atoms with Crippen LogP contribution in [0.25, 0.3) is 0 Å². The van der Waals surface area contributed by atoms with Crippen molar-refractivity contribution in [2.45, 2.75) is 0 Å². The highest BCUT2D eigenvalue weighted by Gasteiger charge is 1.98. The number of rotatable bonds is 5. The zero-order valence-corrected chi connectivity index (χ0v) is 6.66. The minimum absolute atomic E-state index is 0.0201. The van der Waals surface area contributed by atoms with Crippen molar-refractivity contribution >= 4 is 5.78 Å². The Morgan fingerprint density at radius 3 is 2.36 bits per heavy atom. The van der Waals surface area contributed by atoms with Crippen molar-refractivity contribution in [2.75, 3.05) is 27.4 Å². The molecule has 4 nitrogen and oxygen atoms in total. The molecule has 0 heterocycles. The minimum atomic E-state index is -0.276. The van der Waals surface area contributed by atoms with Crippen LogP contribution in [0.4, 0.5) is 0 Å². The highest BCUT2D eigenvalue weighted by molar-refractivity contribution is 5.91. The standard InChI is InChI=1S/C7H12O4/c1-10-4-6(8)3-7(9)5-11-2/h3,8H,4-5H2,1-2H3. The Morgan fingerprint density at radius 2 is 1.91 bits per heavy atom. The van der Waals surface area contributed by atoms with E-state index in [1.54, 1.807) is 0 Å². The molecule has 0 aromatic carbocycles. The molecule has 0 aliphatic rings. The maximum atomic E-state index is 10.7. The molecule has 0 radical (unpaired) electrons. The third kappa shape index (κ3) is 5.57. The summed E-state index contributed by atoms with van der Waals surface area (Å²) in [5.41, 5.74) is 0. The molecule has 0 atom stereocenters. The molecule has 0 unspecified atom stereocenters. The van der Waals surface area contributed by atoms with Crippen molar-refractivity contribution < 1.29 is 19.4 Å². The summed E-state index contributed by atoms with van der Waals surface area (Å²) in [6.07, 6.45) is 1.09. The Bertz CT molecular complexity index is 151. The van der Waals surface area contributed by atoms with E-state index in [2.05, 4.69) is 9.47 Å². The number of ketones is 1. The zero-order chi connectivity index (χ0) is 8.69. The summed E-state index contributed by atoms with van der Waals surface area (Å²) in [5.74, 6) is -0.364. The SMILES string of the molecule is COCC(=O)C=C(O)COC. The molecule has 11 heavy (non-hydrogen) atoms. The Hall–Kier alpha value is -0.870. The molecule has 0 spiro atoms. The second-order valence-electron chi connectivity index (χ2n) is 1.97. The van der Waals surface area contributed by atoms with Gasteiger partial charge in [0.25, 0.3) is 0 Å². The average molecular weight is 160 g/mol. The summed E-state index contributed by atoms with van der Waals surface area (Å²) in [6, 6.07) is 0. The number of carbonyl (C=O) groups is 1. The van der Waals surface area contributed by atoms with E-state index in [9.17, 15) is 4.79 Å². The van der Waals surface area contributed by atoms with Gasteiger partial charge in [0.05, 0.1) is 0 Å². The molecule has 0 bridgehead atoms. The lowest BCUT2D eigenvalue weighted by Gasteiger charge is -1.96. The summed E-state index contributed by atoms with van der Waals surface area (Å²) in [6.45, 7) is 0.0310. The van der Waals surface area contributed by atoms with Crippen molar-refractivity contribution in [3.63, 3.8) is 0 Å². The van der Waals surface area contributed by atoms with Crippen molar-refractivity contribution in [3.8, 4) is 0 Å². The molecule has 1 N–H and O–H groups in total. The van der Waals surface area contributed by atoms with Gasteiger partial charge in [0, 0.05) is 20.3 Å². The van der Waals surface area contributed by atoms with E-state index in [0.717, 1.165) is 6.08 Å². The number of hydrogen-bond acceptors (Lipinski definition) is 4. The largest absolute Gasteiger partial charge is 0.510 e. The molecule has 0 aliphatic heterocycles. The molecule has 0 amide bonds. The number of methoxy groups -OCH3 is 2. The zero-order valence-electron chi connectivity index (χ0n) is 6.66. The van der Waals surface area contributed by atoms with Crippen molar-refractivity contribution in [3.05, 3.63) is 11.8 Å². The molecule has 64 valence electrons. The molecule has 4 heteroatoms. The van der Waals surface area contributed by atoms with Crippen LogP contribution in [-0.4, -0.2) is 38.3 Å². The number of hydrogen-bond donors (Lipinski definition) is 1. The second-order valence-corrected chi connectivity index (χ2v) is 1.97. The van der Waals surface area contributed by atoms with Gasteiger partial charge in [0.2, 0.25) is 0 Å². The first kappa shape index (κ1) is 10.1. The van der Waals surface area contributed by atoms with Crippen LogP contribution in [0.3, 0.4) is 0 Å². The summed E-state index contributed by atoms with van der Waals surface area (Å²) in [4.78, 5) is 10.7. The van der Waals surface area contributed by atoms with Crippen LogP contribution in [0.5, 0.6) is 0 Å². The second kappa shape index (κ2) is 5.88. The van der Waals surface area contributed by atoms with Gasteiger partial charge >= 0.3 is 0 Å². The molecule has 0 saturated heterocycles. The Kier molecular flexibility index (Phi) is 5.42. The molecule has 0 saturated carbocycles. The highest BCUT2D eigenvalue weighted by Crippen LogP contribution is 1.89. The van der Waals surface area contributed by atoms with Crippen LogP contribution in [-0.2, 0) is 14.3 Å². The van der Waals surface area contributed by atoms with Gasteiger partial charge in [-0.05, 0) is 0 Å². The fourth-order valence-corrected chi connectivity index (χ4v) is 0.559. The van der Waals surface area contributed by atoms with Crippen molar-refractivity contribution in [2.24, 2.45) is 0 Å². The van der Waals surface area contributed by atoms with Crippen LogP contribution >= 0.6 is 0 Å². The monoisotopic (exact) mass is 160 g/mol. The molecule has 0 rings (SSSR count). The van der Waals surface area contributed by atoms with Gasteiger partial charge in [-0.3, -0.25) is 4.79 Å². The maximum Gasteiger partial charge on any atom is 0.184 e. The maximum absolute atomic E-state index is 10.7. The highest BCUT2D eigenvalue weighted by atomic mass is 16.5. The topological polar surface area (TPSA) is 55.8 Å². The lowest BCUT2D eigenvalue weighted by molar-refractivity contribution is -0.118. The summed E-state index contributed by atoms with van der Waals surface area (Å²) in [5, 5.41) is 8.91. The van der Waals surface area contributed by atoms with Crippen molar-refractivity contribution in [1.29, 1.82) is 0 Å². The van der Waals surface area contributed by atoms with Gasteiger partial charge in [-0.1, -0.05) is 0 Å². The lowest BCUT2D eigenvalue weighted by Crippen LogP contribution is -2.05. The van der Waals surface area contributed by atoms with E-state index in [0.29, 0.717) is 0 Å². The lowest BCUT2D eigenvalue weighted by atomic mass is 10.3. The first-order chi connectivity index (χ1) is 5.20. The van der Waals surface area contributed by atoms with Crippen LogP contribution in [0.1, 0.15) is 0 Å². The van der Waals surface area contributed by atoms with Gasteiger partial charge in [-0.25, -0.2) is 0 Å². The van der Waals surface area contributed by atoms with E-state index < -0.39 is 0 Å². The van der Waals surface area contributed by atoms with Gasteiger partial charge in [0.1, 0.15) is 19.0 Å². The molecule has 0 aliphatic carbocycles. The number of aliphatic hydroxyl groups is 1. The third-order valence-corrected chi connectivity index (χ3v) is 0.906. The summed E-state index contributed by atoms with van der Waals surface area (Å²) >= 11 is 0. The Balaban J connectivity index is 3.76. The van der Waals surface area contributed by atoms with Gasteiger partial charge in [0.15, 0.2) is 5.78 Å². The molecule has 0 fully saturated rings. The third-order valence-electron chi connectivity index (χ3n) is 0.906. The minimum Gasteiger partial charge on any atom is -0.510 e. The average Bonchev–Trinajstić information content (AvgIpc) is 1.87. The van der Waals surface area contributed by atoms with E-state index in [1.807, 2.05) is 0 Å². The van der Waals surface area contributed by atoms with E-state index in [1.165, 1.54) is 14.2 Å². The van der Waals surface area contributed by atoms with Crippen molar-refractivity contribution in [1.82, 2.24) is 0 Å².